The summed E-state index contributed by atoms with van der Waals surface area (Å²) in [6, 6.07) is 7.95. The average molecular weight is 468 g/mol. The molecule has 8 heteroatoms. The lowest BCUT2D eigenvalue weighted by molar-refractivity contribution is 0.573. The smallest absolute Gasteiger partial charge is 0.274 e. The lowest BCUT2D eigenvalue weighted by Gasteiger charge is -2.31. The fourth-order valence-electron chi connectivity index (χ4n) is 5.19. The molecule has 0 amide bonds. The van der Waals surface area contributed by atoms with Crippen LogP contribution in [0, 0.1) is 13.8 Å². The second-order valence-corrected chi connectivity index (χ2v) is 9.55. The molecule has 0 bridgehead atoms. The minimum atomic E-state index is -0.166. The molecule has 178 valence electrons. The summed E-state index contributed by atoms with van der Waals surface area (Å²) >= 11 is 0. The molecule has 0 unspecified atom stereocenters. The monoisotopic (exact) mass is 467 g/mol. The zero-order valence-corrected chi connectivity index (χ0v) is 20.2. The summed E-state index contributed by atoms with van der Waals surface area (Å²) < 4.78 is 1.41. The van der Waals surface area contributed by atoms with Gasteiger partial charge in [0.15, 0.2) is 11.5 Å². The van der Waals surface area contributed by atoms with E-state index < -0.39 is 0 Å². The fourth-order valence-corrected chi connectivity index (χ4v) is 5.19. The highest BCUT2D eigenvalue weighted by Gasteiger charge is 2.23. The quantitative estimate of drug-likeness (QED) is 0.454. The molecule has 0 aliphatic carbocycles. The normalized spacial score (nSPS) is 15.9. The molecule has 2 aliphatic rings. The van der Waals surface area contributed by atoms with Crippen LogP contribution in [-0.2, 0) is 13.0 Å². The lowest BCUT2D eigenvalue weighted by Crippen LogP contribution is -2.33. The summed E-state index contributed by atoms with van der Waals surface area (Å²) in [4.78, 5) is 31.0. The van der Waals surface area contributed by atoms with Gasteiger partial charge in [-0.25, -0.2) is 9.97 Å². The minimum Gasteiger partial charge on any atom is -0.357 e. The summed E-state index contributed by atoms with van der Waals surface area (Å²) in [6.07, 6.45) is 10.1. The van der Waals surface area contributed by atoms with E-state index in [1.54, 1.807) is 6.20 Å². The molecular weight excluding hydrogens is 438 g/mol. The van der Waals surface area contributed by atoms with E-state index in [0.29, 0.717) is 12.2 Å². The van der Waals surface area contributed by atoms with E-state index in [1.165, 1.54) is 35.4 Å². The molecule has 0 radical (unpaired) electrons. The van der Waals surface area contributed by atoms with Crippen molar-refractivity contribution in [2.75, 3.05) is 29.4 Å². The van der Waals surface area contributed by atoms with Crippen LogP contribution in [0.15, 0.2) is 47.7 Å². The van der Waals surface area contributed by atoms with Crippen LogP contribution in [0.5, 0.6) is 0 Å². The van der Waals surface area contributed by atoms with Gasteiger partial charge in [-0.05, 0) is 56.9 Å². The van der Waals surface area contributed by atoms with Crippen molar-refractivity contribution in [1.82, 2.24) is 24.6 Å². The van der Waals surface area contributed by atoms with E-state index >= 15 is 0 Å². The van der Waals surface area contributed by atoms with Crippen molar-refractivity contribution in [3.05, 3.63) is 75.6 Å². The number of aryl methyl sites for hydroxylation is 1. The number of anilines is 2. The van der Waals surface area contributed by atoms with Crippen LogP contribution >= 0.6 is 0 Å². The molecule has 6 rings (SSSR count). The Morgan fingerprint density at radius 1 is 0.829 bits per heavy atom. The van der Waals surface area contributed by atoms with Crippen LogP contribution in [-0.4, -0.2) is 44.2 Å². The molecular formula is C27H29N7O. The Labute approximate surface area is 204 Å². The number of pyridine rings is 2. The molecule has 1 saturated heterocycles. The van der Waals surface area contributed by atoms with E-state index in [9.17, 15) is 4.79 Å². The highest BCUT2D eigenvalue weighted by atomic mass is 16.1. The number of aromatic nitrogens is 5. The van der Waals surface area contributed by atoms with Crippen LogP contribution in [0.3, 0.4) is 0 Å². The molecule has 35 heavy (non-hydrogen) atoms. The predicted octanol–water partition coefficient (Wildman–Crippen LogP) is 3.72. The van der Waals surface area contributed by atoms with E-state index in [4.69, 9.17) is 15.1 Å². The number of rotatable bonds is 3. The van der Waals surface area contributed by atoms with Crippen LogP contribution in [0.25, 0.3) is 16.8 Å². The topological polar surface area (TPSA) is 79.5 Å². The van der Waals surface area contributed by atoms with Gasteiger partial charge >= 0.3 is 0 Å². The molecule has 0 atom stereocenters. The molecule has 0 N–H and O–H groups in total. The van der Waals surface area contributed by atoms with Crippen LogP contribution in [0.2, 0.25) is 0 Å². The molecule has 2 aliphatic heterocycles. The summed E-state index contributed by atoms with van der Waals surface area (Å²) in [5, 5.41) is 4.70. The molecule has 6 heterocycles. The Morgan fingerprint density at radius 2 is 1.66 bits per heavy atom. The average Bonchev–Trinajstić information content (AvgIpc) is 2.91. The van der Waals surface area contributed by atoms with Crippen LogP contribution in [0.1, 0.15) is 41.6 Å². The first kappa shape index (κ1) is 21.7. The van der Waals surface area contributed by atoms with Crippen LogP contribution in [0.4, 0.5) is 11.6 Å². The Kier molecular flexibility index (Phi) is 5.43. The van der Waals surface area contributed by atoms with Gasteiger partial charge in [0.1, 0.15) is 5.82 Å². The maximum atomic E-state index is 12.4. The van der Waals surface area contributed by atoms with E-state index in [2.05, 4.69) is 39.9 Å². The molecule has 8 nitrogen and oxygen atoms in total. The zero-order valence-electron chi connectivity index (χ0n) is 20.2. The van der Waals surface area contributed by atoms with E-state index in [1.807, 2.05) is 19.3 Å². The predicted molar refractivity (Wildman–Crippen MR) is 137 cm³/mol. The second kappa shape index (κ2) is 8.76. The van der Waals surface area contributed by atoms with Crippen molar-refractivity contribution in [3.63, 3.8) is 0 Å². The van der Waals surface area contributed by atoms with Gasteiger partial charge < -0.3 is 9.80 Å². The first-order valence-electron chi connectivity index (χ1n) is 12.4. The minimum absolute atomic E-state index is 0.166. The van der Waals surface area contributed by atoms with Crippen molar-refractivity contribution in [3.8, 4) is 11.1 Å². The van der Waals surface area contributed by atoms with Crippen LogP contribution < -0.4 is 15.4 Å². The van der Waals surface area contributed by atoms with Crippen molar-refractivity contribution < 1.29 is 0 Å². The Hall–Kier alpha value is -3.81. The largest absolute Gasteiger partial charge is 0.357 e. The lowest BCUT2D eigenvalue weighted by atomic mass is 10.0. The molecule has 1 fully saturated rings. The standard InChI is InChI=1S/C27H29N7O/c1-18-19(2)27(31-34-25(35)8-10-28-26(18)34)33-13-9-23-22(17-33)14-21(16-29-23)20-6-7-24(30-15-20)32-11-4-3-5-12-32/h6-8,10,14-16H,3-5,9,11-13,17H2,1-2H3. The number of nitrogens with zero attached hydrogens (tertiary/aromatic N) is 7. The third-order valence-electron chi connectivity index (χ3n) is 7.35. The molecule has 0 saturated carbocycles. The van der Waals surface area contributed by atoms with Gasteiger partial charge in [-0.15, -0.1) is 5.10 Å². The summed E-state index contributed by atoms with van der Waals surface area (Å²) in [5.41, 5.74) is 6.93. The second-order valence-electron chi connectivity index (χ2n) is 9.55. The van der Waals surface area contributed by atoms with E-state index in [-0.39, 0.29) is 5.56 Å². The maximum Gasteiger partial charge on any atom is 0.274 e. The number of piperidine rings is 1. The molecule has 0 aromatic carbocycles. The zero-order chi connectivity index (χ0) is 23.9. The SMILES string of the molecule is Cc1c(N2CCc3ncc(-c4ccc(N5CCCCC5)nc4)cc3C2)nn2c(=O)ccnc2c1C. The van der Waals surface area contributed by atoms with Gasteiger partial charge in [-0.2, -0.15) is 4.52 Å². The Balaban J connectivity index is 1.30. The first-order chi connectivity index (χ1) is 17.1. The molecule has 0 spiro atoms. The van der Waals surface area contributed by atoms with Crippen molar-refractivity contribution in [2.45, 2.75) is 46.1 Å². The Bertz CT molecular complexity index is 1460. The van der Waals surface area contributed by atoms with Crippen molar-refractivity contribution >= 4 is 17.3 Å². The van der Waals surface area contributed by atoms with Gasteiger partial charge in [0.05, 0.1) is 0 Å². The Morgan fingerprint density at radius 3 is 2.46 bits per heavy atom. The highest BCUT2D eigenvalue weighted by molar-refractivity contribution is 5.65. The third-order valence-corrected chi connectivity index (χ3v) is 7.35. The molecule has 4 aromatic rings. The van der Waals surface area contributed by atoms with Gasteiger partial charge in [-0.3, -0.25) is 9.78 Å². The van der Waals surface area contributed by atoms with Crippen molar-refractivity contribution in [2.24, 2.45) is 0 Å². The number of hydrogen-bond donors (Lipinski definition) is 0. The summed E-state index contributed by atoms with van der Waals surface area (Å²) in [5.74, 6) is 1.89. The third kappa shape index (κ3) is 3.92. The van der Waals surface area contributed by atoms with Gasteiger partial charge in [0, 0.05) is 85.2 Å². The summed E-state index contributed by atoms with van der Waals surface area (Å²) in [7, 11) is 0. The van der Waals surface area contributed by atoms with Gasteiger partial charge in [0.25, 0.3) is 5.56 Å². The summed E-state index contributed by atoms with van der Waals surface area (Å²) in [6.45, 7) is 7.73. The highest BCUT2D eigenvalue weighted by Crippen LogP contribution is 2.30. The first-order valence-corrected chi connectivity index (χ1v) is 12.4. The number of fused-ring (bicyclic) bond motifs is 2. The maximum absolute atomic E-state index is 12.4. The van der Waals surface area contributed by atoms with Crippen molar-refractivity contribution in [1.29, 1.82) is 0 Å². The van der Waals surface area contributed by atoms with Gasteiger partial charge in [0.2, 0.25) is 0 Å². The van der Waals surface area contributed by atoms with E-state index in [0.717, 1.165) is 65.6 Å². The molecule has 4 aromatic heterocycles. The van der Waals surface area contributed by atoms with Gasteiger partial charge in [-0.1, -0.05) is 0 Å². The number of hydrogen-bond acceptors (Lipinski definition) is 7. The fraction of sp³-hybridized carbons (Fsp3) is 0.370.